The first kappa shape index (κ1) is 11.4. The van der Waals surface area contributed by atoms with Crippen molar-refractivity contribution in [1.29, 1.82) is 0 Å². The molecule has 0 aromatic carbocycles. The van der Waals surface area contributed by atoms with Crippen LogP contribution < -0.4 is 11.5 Å². The first-order valence-corrected chi connectivity index (χ1v) is 4.94. The smallest absolute Gasteiger partial charge is 0.235 e. The number of rotatable bonds is 3. The van der Waals surface area contributed by atoms with Gasteiger partial charge in [-0.25, -0.2) is 0 Å². The van der Waals surface area contributed by atoms with Crippen LogP contribution in [0.1, 0.15) is 13.3 Å². The summed E-state index contributed by atoms with van der Waals surface area (Å²) in [6.07, 6.45) is 0.515. The van der Waals surface area contributed by atoms with Gasteiger partial charge < -0.3 is 16.6 Å². The minimum absolute atomic E-state index is 0.307. The molecule has 0 aromatic rings. The summed E-state index contributed by atoms with van der Waals surface area (Å²) in [5.41, 5.74) is 10.6. The van der Waals surface area contributed by atoms with Crippen LogP contribution in [-0.2, 0) is 4.79 Å². The summed E-state index contributed by atoms with van der Waals surface area (Å²) in [6.45, 7) is 3.98. The van der Waals surface area contributed by atoms with E-state index in [0.29, 0.717) is 19.0 Å². The largest absolute Gasteiger partial charge is 0.392 e. The molecule has 1 rings (SSSR count). The monoisotopic (exact) mass is 201 g/mol. The Bertz CT molecular complexity index is 200. The van der Waals surface area contributed by atoms with Crippen LogP contribution in [0.3, 0.4) is 0 Å². The molecule has 5 N–H and O–H groups in total. The number of nitrogens with two attached hydrogens (primary N) is 2. The number of amides is 1. The quantitative estimate of drug-likeness (QED) is 0.518. The summed E-state index contributed by atoms with van der Waals surface area (Å²) in [5, 5.41) is 9.50. The number of likely N-dealkylation sites (tertiary alicyclic amines) is 1. The number of β-amino-alcohol motifs (C(OH)–C–C–N with tert-alkyl or cyclic N) is 1. The Morgan fingerprint density at radius 1 is 1.64 bits per heavy atom. The van der Waals surface area contributed by atoms with Gasteiger partial charge in [-0.15, -0.1) is 0 Å². The van der Waals surface area contributed by atoms with Crippen LogP contribution in [0.25, 0.3) is 0 Å². The molecular formula is C9H19N3O2. The van der Waals surface area contributed by atoms with Gasteiger partial charge in [-0.1, -0.05) is 6.92 Å². The molecule has 1 fully saturated rings. The number of aliphatic hydroxyl groups excluding tert-OH is 1. The molecule has 1 amide bonds. The van der Waals surface area contributed by atoms with Crippen molar-refractivity contribution in [2.45, 2.75) is 25.5 Å². The zero-order valence-corrected chi connectivity index (χ0v) is 8.52. The minimum Gasteiger partial charge on any atom is -0.392 e. The number of primary amides is 1. The predicted molar refractivity (Wildman–Crippen MR) is 53.4 cm³/mol. The first-order chi connectivity index (χ1) is 6.49. The van der Waals surface area contributed by atoms with E-state index in [-0.39, 0.29) is 6.10 Å². The molecule has 1 heterocycles. The maximum absolute atomic E-state index is 10.7. The molecule has 3 atom stereocenters. The van der Waals surface area contributed by atoms with Crippen LogP contribution in [0.15, 0.2) is 0 Å². The summed E-state index contributed by atoms with van der Waals surface area (Å²) in [7, 11) is 0. The van der Waals surface area contributed by atoms with Gasteiger partial charge in [-0.2, -0.15) is 0 Å². The first-order valence-electron chi connectivity index (χ1n) is 4.94. The Balaban J connectivity index is 2.40. The summed E-state index contributed by atoms with van der Waals surface area (Å²) in [6, 6.07) is -0.632. The predicted octanol–water partition coefficient (Wildman–Crippen LogP) is -1.50. The fourth-order valence-corrected chi connectivity index (χ4v) is 1.94. The fraction of sp³-hybridized carbons (Fsp3) is 0.889. The number of piperidine rings is 1. The van der Waals surface area contributed by atoms with E-state index in [1.807, 2.05) is 4.90 Å². The number of nitrogens with zero attached hydrogens (tertiary/aromatic N) is 1. The Morgan fingerprint density at radius 3 is 2.79 bits per heavy atom. The minimum atomic E-state index is -0.632. The van der Waals surface area contributed by atoms with Gasteiger partial charge >= 0.3 is 0 Å². The molecule has 1 aliphatic heterocycles. The zero-order valence-electron chi connectivity index (χ0n) is 8.52. The van der Waals surface area contributed by atoms with Crippen LogP contribution in [0.4, 0.5) is 0 Å². The normalized spacial score (nSPS) is 31.4. The van der Waals surface area contributed by atoms with E-state index in [4.69, 9.17) is 11.5 Å². The van der Waals surface area contributed by atoms with E-state index < -0.39 is 11.9 Å². The fourth-order valence-electron chi connectivity index (χ4n) is 1.94. The van der Waals surface area contributed by atoms with E-state index in [2.05, 4.69) is 6.92 Å². The second kappa shape index (κ2) is 4.72. The van der Waals surface area contributed by atoms with Gasteiger partial charge in [0, 0.05) is 19.6 Å². The highest BCUT2D eigenvalue weighted by Crippen LogP contribution is 2.15. The lowest BCUT2D eigenvalue weighted by molar-refractivity contribution is -0.120. The third-order valence-electron chi connectivity index (χ3n) is 2.53. The Kier molecular flexibility index (Phi) is 3.86. The van der Waals surface area contributed by atoms with Crippen LogP contribution in [-0.4, -0.2) is 47.7 Å². The van der Waals surface area contributed by atoms with Crippen LogP contribution in [0, 0.1) is 5.92 Å². The molecule has 82 valence electrons. The molecule has 0 saturated carbocycles. The highest BCUT2D eigenvalue weighted by molar-refractivity contribution is 5.79. The highest BCUT2D eigenvalue weighted by atomic mass is 16.3. The zero-order chi connectivity index (χ0) is 10.7. The molecule has 1 aliphatic rings. The summed E-state index contributed by atoms with van der Waals surface area (Å²) in [4.78, 5) is 12.7. The van der Waals surface area contributed by atoms with E-state index in [0.717, 1.165) is 13.0 Å². The van der Waals surface area contributed by atoms with Crippen molar-refractivity contribution >= 4 is 5.91 Å². The lowest BCUT2D eigenvalue weighted by Gasteiger charge is -2.34. The van der Waals surface area contributed by atoms with Gasteiger partial charge in [-0.05, 0) is 12.3 Å². The SMILES string of the molecule is CC1CC(O)CN(CC(N)C(N)=O)C1. The topological polar surface area (TPSA) is 92.6 Å². The molecule has 0 radical (unpaired) electrons. The second-order valence-electron chi connectivity index (χ2n) is 4.22. The highest BCUT2D eigenvalue weighted by Gasteiger charge is 2.25. The molecule has 3 unspecified atom stereocenters. The van der Waals surface area contributed by atoms with Gasteiger partial charge in [0.15, 0.2) is 0 Å². The van der Waals surface area contributed by atoms with Crippen LogP contribution in [0.2, 0.25) is 0 Å². The summed E-state index contributed by atoms with van der Waals surface area (Å²) >= 11 is 0. The summed E-state index contributed by atoms with van der Waals surface area (Å²) < 4.78 is 0. The van der Waals surface area contributed by atoms with Crippen molar-refractivity contribution in [3.05, 3.63) is 0 Å². The number of hydrogen-bond donors (Lipinski definition) is 3. The maximum atomic E-state index is 10.7. The molecule has 0 aromatic heterocycles. The van der Waals surface area contributed by atoms with Crippen molar-refractivity contribution in [3.8, 4) is 0 Å². The third kappa shape index (κ3) is 3.25. The lowest BCUT2D eigenvalue weighted by Crippen LogP contribution is -2.51. The molecule has 1 saturated heterocycles. The standard InChI is InChI=1S/C9H19N3O2/c1-6-2-7(13)4-12(3-6)5-8(10)9(11)14/h6-8,13H,2-5,10H2,1H3,(H2,11,14). The van der Waals surface area contributed by atoms with Crippen LogP contribution >= 0.6 is 0 Å². The number of carbonyl (C=O) groups is 1. The van der Waals surface area contributed by atoms with E-state index >= 15 is 0 Å². The van der Waals surface area contributed by atoms with Gasteiger partial charge in [-0.3, -0.25) is 9.69 Å². The third-order valence-corrected chi connectivity index (χ3v) is 2.53. The van der Waals surface area contributed by atoms with E-state index in [9.17, 15) is 9.90 Å². The number of hydrogen-bond acceptors (Lipinski definition) is 4. The Hall–Kier alpha value is -0.650. The Labute approximate surface area is 84.0 Å². The molecule has 0 spiro atoms. The molecule has 5 heteroatoms. The summed E-state index contributed by atoms with van der Waals surface area (Å²) in [5.74, 6) is -0.0449. The molecule has 0 bridgehead atoms. The van der Waals surface area contributed by atoms with Crippen molar-refractivity contribution in [2.75, 3.05) is 19.6 Å². The van der Waals surface area contributed by atoms with Gasteiger partial charge in [0.2, 0.25) is 5.91 Å². The molecule has 0 aliphatic carbocycles. The van der Waals surface area contributed by atoms with Crippen molar-refractivity contribution in [3.63, 3.8) is 0 Å². The van der Waals surface area contributed by atoms with E-state index in [1.54, 1.807) is 0 Å². The van der Waals surface area contributed by atoms with Crippen LogP contribution in [0.5, 0.6) is 0 Å². The van der Waals surface area contributed by atoms with Gasteiger partial charge in [0.1, 0.15) is 0 Å². The number of carbonyl (C=O) groups excluding carboxylic acids is 1. The molecule has 14 heavy (non-hydrogen) atoms. The average molecular weight is 201 g/mol. The second-order valence-corrected chi connectivity index (χ2v) is 4.22. The lowest BCUT2D eigenvalue weighted by atomic mass is 9.97. The van der Waals surface area contributed by atoms with Crippen molar-refractivity contribution in [1.82, 2.24) is 4.90 Å². The van der Waals surface area contributed by atoms with Crippen molar-refractivity contribution in [2.24, 2.45) is 17.4 Å². The van der Waals surface area contributed by atoms with Crippen molar-refractivity contribution < 1.29 is 9.90 Å². The van der Waals surface area contributed by atoms with Gasteiger partial charge in [0.05, 0.1) is 12.1 Å². The maximum Gasteiger partial charge on any atom is 0.235 e. The van der Waals surface area contributed by atoms with Gasteiger partial charge in [0.25, 0.3) is 0 Å². The van der Waals surface area contributed by atoms with E-state index in [1.165, 1.54) is 0 Å². The molecular weight excluding hydrogens is 182 g/mol. The number of aliphatic hydroxyl groups is 1. The molecule has 5 nitrogen and oxygen atoms in total. The Morgan fingerprint density at radius 2 is 2.29 bits per heavy atom. The average Bonchev–Trinajstić information content (AvgIpc) is 2.01.